The van der Waals surface area contributed by atoms with Crippen LogP contribution in [0.2, 0.25) is 5.02 Å². The van der Waals surface area contributed by atoms with Crippen molar-refractivity contribution in [3.63, 3.8) is 0 Å². The van der Waals surface area contributed by atoms with E-state index in [9.17, 15) is 22.0 Å². The maximum atomic E-state index is 13.9. The molecule has 2 aromatic carbocycles. The largest absolute Gasteiger partial charge is 0.418 e. The molecule has 0 saturated heterocycles. The second kappa shape index (κ2) is 8.23. The number of nitrogens with zero attached hydrogens (tertiary/aromatic N) is 4. The predicted octanol–water partition coefficient (Wildman–Crippen LogP) is 6.33. The molecule has 2 heterocycles. The molecule has 0 bridgehead atoms. The molecule has 0 saturated carbocycles. The van der Waals surface area contributed by atoms with Crippen molar-refractivity contribution in [2.75, 3.05) is 5.32 Å². The van der Waals surface area contributed by atoms with E-state index >= 15 is 0 Å². The van der Waals surface area contributed by atoms with E-state index in [1.807, 2.05) is 0 Å². The smallest absolute Gasteiger partial charge is 0.416 e. The van der Waals surface area contributed by atoms with Gasteiger partial charge in [-0.1, -0.05) is 17.7 Å². The molecule has 0 unspecified atom stereocenters. The van der Waals surface area contributed by atoms with E-state index in [4.69, 9.17) is 16.3 Å². The van der Waals surface area contributed by atoms with E-state index < -0.39 is 29.1 Å². The zero-order valence-corrected chi connectivity index (χ0v) is 17.0. The molecule has 0 amide bonds. The second-order valence-corrected chi connectivity index (χ2v) is 6.92. The van der Waals surface area contributed by atoms with Gasteiger partial charge in [0.15, 0.2) is 17.3 Å². The summed E-state index contributed by atoms with van der Waals surface area (Å²) in [5, 5.41) is 2.83. The number of nitrogens with one attached hydrogen (secondary N) is 1. The molecule has 32 heavy (non-hydrogen) atoms. The van der Waals surface area contributed by atoms with Gasteiger partial charge in [-0.15, -0.1) is 0 Å². The Bertz CT molecular complexity index is 1290. The molecule has 0 fully saturated rings. The first kappa shape index (κ1) is 21.8. The molecule has 0 aliphatic rings. The molecule has 0 atom stereocenters. The molecule has 0 aliphatic carbocycles. The first-order chi connectivity index (χ1) is 15.2. The van der Waals surface area contributed by atoms with Gasteiger partial charge in [-0.25, -0.2) is 18.7 Å². The SMILES string of the molecule is CCn1c(Nc2cc(C(F)(F)F)ccc2Cl)nc2cnc(Oc3c(F)cccc3F)nc21. The molecular formula is C20H13ClF5N5O. The van der Waals surface area contributed by atoms with Gasteiger partial charge in [-0.05, 0) is 37.3 Å². The maximum Gasteiger partial charge on any atom is 0.416 e. The summed E-state index contributed by atoms with van der Waals surface area (Å²) in [6.45, 7) is 2.05. The molecule has 0 radical (unpaired) electrons. The van der Waals surface area contributed by atoms with Gasteiger partial charge in [0.05, 0.1) is 22.5 Å². The first-order valence-electron chi connectivity index (χ1n) is 9.16. The summed E-state index contributed by atoms with van der Waals surface area (Å²) >= 11 is 6.05. The van der Waals surface area contributed by atoms with E-state index in [0.717, 1.165) is 30.3 Å². The van der Waals surface area contributed by atoms with Crippen LogP contribution in [-0.2, 0) is 12.7 Å². The molecule has 166 valence electrons. The summed E-state index contributed by atoms with van der Waals surface area (Å²) in [6.07, 6.45) is -3.28. The Morgan fingerprint density at radius 3 is 2.47 bits per heavy atom. The minimum atomic E-state index is -4.55. The fourth-order valence-electron chi connectivity index (χ4n) is 2.94. The minimum Gasteiger partial charge on any atom is -0.418 e. The summed E-state index contributed by atoms with van der Waals surface area (Å²) in [5.74, 6) is -2.38. The number of aromatic nitrogens is 4. The highest BCUT2D eigenvalue weighted by Crippen LogP contribution is 2.35. The van der Waals surface area contributed by atoms with Crippen molar-refractivity contribution in [1.29, 1.82) is 0 Å². The monoisotopic (exact) mass is 469 g/mol. The standard InChI is InChI=1S/C20H13ClF5N5O/c1-2-31-17-15(9-27-19(30-17)32-16-12(22)4-3-5-13(16)23)29-18(31)28-14-8-10(20(24,25)26)6-7-11(14)21/h3-9H,2H2,1H3,(H,28,29). The van der Waals surface area contributed by atoms with Crippen molar-refractivity contribution >= 4 is 34.4 Å². The van der Waals surface area contributed by atoms with Gasteiger partial charge in [-0.3, -0.25) is 4.57 Å². The third-order valence-corrected chi connectivity index (χ3v) is 4.76. The van der Waals surface area contributed by atoms with Crippen LogP contribution < -0.4 is 10.1 Å². The zero-order valence-electron chi connectivity index (χ0n) is 16.2. The number of alkyl halides is 3. The highest BCUT2D eigenvalue weighted by atomic mass is 35.5. The lowest BCUT2D eigenvalue weighted by atomic mass is 10.2. The van der Waals surface area contributed by atoms with Crippen LogP contribution in [0.25, 0.3) is 11.2 Å². The predicted molar refractivity (Wildman–Crippen MR) is 107 cm³/mol. The number of halogens is 6. The van der Waals surface area contributed by atoms with Crippen molar-refractivity contribution in [2.24, 2.45) is 0 Å². The number of fused-ring (bicyclic) bond motifs is 1. The first-order valence-corrected chi connectivity index (χ1v) is 9.54. The van der Waals surface area contributed by atoms with Crippen LogP contribution in [-0.4, -0.2) is 19.5 Å². The van der Waals surface area contributed by atoms with E-state index in [1.165, 1.54) is 16.8 Å². The number of hydrogen-bond acceptors (Lipinski definition) is 5. The lowest BCUT2D eigenvalue weighted by molar-refractivity contribution is -0.137. The molecule has 4 aromatic rings. The molecule has 0 aliphatic heterocycles. The second-order valence-electron chi connectivity index (χ2n) is 6.51. The zero-order chi connectivity index (χ0) is 23.0. The van der Waals surface area contributed by atoms with Crippen molar-refractivity contribution in [3.05, 3.63) is 64.8 Å². The molecular weight excluding hydrogens is 457 g/mol. The van der Waals surface area contributed by atoms with Gasteiger partial charge in [0.2, 0.25) is 11.7 Å². The van der Waals surface area contributed by atoms with Crippen LogP contribution in [0.5, 0.6) is 11.8 Å². The average Bonchev–Trinajstić information content (AvgIpc) is 3.08. The van der Waals surface area contributed by atoms with E-state index in [0.29, 0.717) is 6.54 Å². The van der Waals surface area contributed by atoms with Crippen LogP contribution in [0.1, 0.15) is 12.5 Å². The van der Waals surface area contributed by atoms with Crippen LogP contribution in [0.3, 0.4) is 0 Å². The Kier molecular flexibility index (Phi) is 5.59. The highest BCUT2D eigenvalue weighted by Gasteiger charge is 2.31. The van der Waals surface area contributed by atoms with Gasteiger partial charge in [0.25, 0.3) is 0 Å². The summed E-state index contributed by atoms with van der Waals surface area (Å²) in [5.41, 5.74) is -0.381. The molecule has 2 aromatic heterocycles. The third-order valence-electron chi connectivity index (χ3n) is 4.43. The lowest BCUT2D eigenvalue weighted by Crippen LogP contribution is -2.07. The van der Waals surface area contributed by atoms with Crippen molar-refractivity contribution in [1.82, 2.24) is 19.5 Å². The van der Waals surface area contributed by atoms with Gasteiger partial charge in [-0.2, -0.15) is 18.2 Å². The molecule has 4 rings (SSSR count). The van der Waals surface area contributed by atoms with Gasteiger partial charge < -0.3 is 10.1 Å². The minimum absolute atomic E-state index is 0.00985. The maximum absolute atomic E-state index is 13.9. The Hall–Kier alpha value is -3.47. The molecule has 0 spiro atoms. The lowest BCUT2D eigenvalue weighted by Gasteiger charge is -2.13. The Labute approximate surface area is 182 Å². The van der Waals surface area contributed by atoms with Gasteiger partial charge in [0, 0.05) is 6.54 Å². The summed E-state index contributed by atoms with van der Waals surface area (Å²) in [7, 11) is 0. The van der Waals surface area contributed by atoms with Gasteiger partial charge in [0.1, 0.15) is 5.52 Å². The van der Waals surface area contributed by atoms with E-state index in [-0.39, 0.29) is 33.8 Å². The molecule has 6 nitrogen and oxygen atoms in total. The van der Waals surface area contributed by atoms with Crippen LogP contribution in [0.15, 0.2) is 42.6 Å². The topological polar surface area (TPSA) is 64.9 Å². The van der Waals surface area contributed by atoms with Crippen molar-refractivity contribution < 1.29 is 26.7 Å². The van der Waals surface area contributed by atoms with Crippen LogP contribution in [0, 0.1) is 11.6 Å². The number of anilines is 2. The normalized spacial score (nSPS) is 11.7. The van der Waals surface area contributed by atoms with E-state index in [2.05, 4.69) is 20.3 Å². The van der Waals surface area contributed by atoms with Crippen LogP contribution in [0.4, 0.5) is 33.6 Å². The Morgan fingerprint density at radius 2 is 1.81 bits per heavy atom. The molecule has 12 heteroatoms. The third kappa shape index (κ3) is 4.15. The number of aryl methyl sites for hydroxylation is 1. The number of para-hydroxylation sites is 1. The highest BCUT2D eigenvalue weighted by molar-refractivity contribution is 6.33. The fraction of sp³-hybridized carbons (Fsp3) is 0.150. The number of ether oxygens (including phenoxy) is 1. The number of imidazole rings is 1. The number of benzene rings is 2. The molecule has 1 N–H and O–H groups in total. The van der Waals surface area contributed by atoms with Crippen molar-refractivity contribution in [3.8, 4) is 11.8 Å². The quantitative estimate of drug-likeness (QED) is 0.346. The Morgan fingerprint density at radius 1 is 1.09 bits per heavy atom. The van der Waals surface area contributed by atoms with Crippen molar-refractivity contribution in [2.45, 2.75) is 19.6 Å². The fourth-order valence-corrected chi connectivity index (χ4v) is 3.10. The number of rotatable bonds is 5. The van der Waals surface area contributed by atoms with E-state index in [1.54, 1.807) is 6.92 Å². The van der Waals surface area contributed by atoms with Crippen LogP contribution >= 0.6 is 11.6 Å². The summed E-state index contributed by atoms with van der Waals surface area (Å²) in [6, 6.07) is 5.75. The average molecular weight is 470 g/mol. The van der Waals surface area contributed by atoms with Gasteiger partial charge >= 0.3 is 12.2 Å². The summed E-state index contributed by atoms with van der Waals surface area (Å²) < 4.78 is 73.6. The summed E-state index contributed by atoms with van der Waals surface area (Å²) in [4.78, 5) is 12.3. The Balaban J connectivity index is 1.72. The number of hydrogen-bond donors (Lipinski definition) is 1.